The van der Waals surface area contributed by atoms with Gasteiger partial charge < -0.3 is 16.0 Å². The topological polar surface area (TPSA) is 101 Å². The quantitative estimate of drug-likeness (QED) is 0.501. The summed E-state index contributed by atoms with van der Waals surface area (Å²) in [5.74, 6) is -0.0515. The van der Waals surface area contributed by atoms with Crippen LogP contribution in [-0.2, 0) is 4.79 Å². The van der Waals surface area contributed by atoms with E-state index in [0.717, 1.165) is 28.2 Å². The van der Waals surface area contributed by atoms with Crippen molar-refractivity contribution in [2.45, 2.75) is 17.3 Å². The number of benzene rings is 2. The van der Waals surface area contributed by atoms with Crippen molar-refractivity contribution in [3.05, 3.63) is 58.9 Å². The molecular formula is C17H16N4O2S. The van der Waals surface area contributed by atoms with Crippen LogP contribution in [0, 0.1) is 0 Å². The third-order valence-electron chi connectivity index (χ3n) is 3.44. The zero-order valence-electron chi connectivity index (χ0n) is 12.9. The highest BCUT2D eigenvalue weighted by atomic mass is 32.2. The molecule has 0 aliphatic heterocycles. The Labute approximate surface area is 142 Å². The number of hydrogen-bond acceptors (Lipinski definition) is 5. The van der Waals surface area contributed by atoms with Crippen LogP contribution in [0.3, 0.4) is 0 Å². The molecule has 6 nitrogen and oxygen atoms in total. The lowest BCUT2D eigenvalue weighted by molar-refractivity contribution is -0.115. The molecule has 0 aliphatic carbocycles. The van der Waals surface area contributed by atoms with E-state index in [-0.39, 0.29) is 17.3 Å². The summed E-state index contributed by atoms with van der Waals surface area (Å²) in [5, 5.41) is 4.82. The summed E-state index contributed by atoms with van der Waals surface area (Å²) in [6.45, 7) is 1.74. The number of amides is 1. The van der Waals surface area contributed by atoms with Gasteiger partial charge in [-0.15, -0.1) is 0 Å². The number of rotatable bonds is 4. The largest absolute Gasteiger partial charge is 0.383 e. The number of H-pyrrole nitrogens is 1. The fourth-order valence-electron chi connectivity index (χ4n) is 2.30. The molecule has 3 aromatic rings. The van der Waals surface area contributed by atoms with Crippen molar-refractivity contribution in [1.82, 2.24) is 9.97 Å². The summed E-state index contributed by atoms with van der Waals surface area (Å²) in [5.41, 5.74) is 5.96. The fourth-order valence-corrected chi connectivity index (χ4v) is 3.12. The molecule has 0 saturated heterocycles. The summed E-state index contributed by atoms with van der Waals surface area (Å²) >= 11 is 1.15. The number of nitrogens with one attached hydrogen (secondary N) is 2. The number of anilines is 2. The minimum Gasteiger partial charge on any atom is -0.383 e. The van der Waals surface area contributed by atoms with Crippen LogP contribution in [0.4, 0.5) is 11.5 Å². The van der Waals surface area contributed by atoms with Crippen LogP contribution in [0.2, 0.25) is 0 Å². The standard InChI is InChI=1S/C17H16N4O2S/c1-10(24-17-20-14(18)9-15(22)21-17)16(23)19-13-8-4-6-11-5-2-3-7-12(11)13/h2-10H,1H3,(H,19,23)(H3,18,20,21,22)/t10-/m1/s1. The average Bonchev–Trinajstić information content (AvgIpc) is 2.54. The van der Waals surface area contributed by atoms with Crippen molar-refractivity contribution in [3.8, 4) is 0 Å². The number of nitrogen functional groups attached to an aromatic ring is 1. The molecule has 4 N–H and O–H groups in total. The smallest absolute Gasteiger partial charge is 0.253 e. The summed E-state index contributed by atoms with van der Waals surface area (Å²) in [6.07, 6.45) is 0. The maximum Gasteiger partial charge on any atom is 0.253 e. The summed E-state index contributed by atoms with van der Waals surface area (Å²) in [6, 6.07) is 14.8. The van der Waals surface area contributed by atoms with Gasteiger partial charge in [0.05, 0.1) is 5.25 Å². The van der Waals surface area contributed by atoms with Crippen LogP contribution >= 0.6 is 11.8 Å². The minimum absolute atomic E-state index is 0.128. The van der Waals surface area contributed by atoms with E-state index in [0.29, 0.717) is 5.16 Å². The molecule has 1 amide bonds. The molecule has 0 radical (unpaired) electrons. The van der Waals surface area contributed by atoms with Crippen LogP contribution in [0.1, 0.15) is 6.92 Å². The van der Waals surface area contributed by atoms with E-state index < -0.39 is 5.25 Å². The Morgan fingerprint density at radius 1 is 1.25 bits per heavy atom. The van der Waals surface area contributed by atoms with E-state index >= 15 is 0 Å². The first-order valence-electron chi connectivity index (χ1n) is 7.35. The Morgan fingerprint density at radius 2 is 2.00 bits per heavy atom. The van der Waals surface area contributed by atoms with Gasteiger partial charge in [-0.3, -0.25) is 9.59 Å². The van der Waals surface area contributed by atoms with Gasteiger partial charge in [0, 0.05) is 17.1 Å². The predicted octanol–water partition coefficient (Wildman–Crippen LogP) is 2.62. The number of carbonyl (C=O) groups excluding carboxylic acids is 1. The molecule has 0 unspecified atom stereocenters. The molecule has 7 heteroatoms. The molecule has 1 heterocycles. The second kappa shape index (κ2) is 6.76. The van der Waals surface area contributed by atoms with E-state index in [4.69, 9.17) is 5.73 Å². The summed E-state index contributed by atoms with van der Waals surface area (Å²) in [4.78, 5) is 30.4. The van der Waals surface area contributed by atoms with E-state index in [1.54, 1.807) is 6.92 Å². The van der Waals surface area contributed by atoms with Crippen LogP contribution in [0.25, 0.3) is 10.8 Å². The van der Waals surface area contributed by atoms with Gasteiger partial charge in [-0.25, -0.2) is 4.98 Å². The number of aromatic nitrogens is 2. The fraction of sp³-hybridized carbons (Fsp3) is 0.118. The molecule has 122 valence electrons. The first kappa shape index (κ1) is 16.1. The Morgan fingerprint density at radius 3 is 2.79 bits per heavy atom. The van der Waals surface area contributed by atoms with Gasteiger partial charge in [0.15, 0.2) is 5.16 Å². The Balaban J connectivity index is 1.77. The second-order valence-electron chi connectivity index (χ2n) is 5.25. The number of hydrogen-bond donors (Lipinski definition) is 3. The average molecular weight is 340 g/mol. The first-order chi connectivity index (χ1) is 11.5. The van der Waals surface area contributed by atoms with Gasteiger partial charge in [0.25, 0.3) is 5.56 Å². The molecule has 0 spiro atoms. The molecule has 3 rings (SSSR count). The summed E-state index contributed by atoms with van der Waals surface area (Å²) < 4.78 is 0. The highest BCUT2D eigenvalue weighted by Crippen LogP contribution is 2.25. The maximum absolute atomic E-state index is 12.4. The normalized spacial score (nSPS) is 12.0. The molecule has 24 heavy (non-hydrogen) atoms. The third-order valence-corrected chi connectivity index (χ3v) is 4.43. The number of carbonyl (C=O) groups is 1. The van der Waals surface area contributed by atoms with Crippen molar-refractivity contribution in [2.75, 3.05) is 11.1 Å². The van der Waals surface area contributed by atoms with Gasteiger partial charge in [0.1, 0.15) is 5.82 Å². The molecular weight excluding hydrogens is 324 g/mol. The second-order valence-corrected chi connectivity index (χ2v) is 6.58. The molecule has 0 bridgehead atoms. The van der Waals surface area contributed by atoms with Gasteiger partial charge in [-0.2, -0.15) is 0 Å². The molecule has 1 atom stereocenters. The molecule has 0 aliphatic rings. The lowest BCUT2D eigenvalue weighted by atomic mass is 10.1. The Hall–Kier alpha value is -2.80. The third kappa shape index (κ3) is 3.57. The highest BCUT2D eigenvalue weighted by Gasteiger charge is 2.17. The molecule has 2 aromatic carbocycles. The number of nitrogens with two attached hydrogens (primary N) is 1. The predicted molar refractivity (Wildman–Crippen MR) is 97.2 cm³/mol. The van der Waals surface area contributed by atoms with E-state index in [1.165, 1.54) is 6.07 Å². The van der Waals surface area contributed by atoms with Crippen molar-refractivity contribution in [2.24, 2.45) is 0 Å². The first-order valence-corrected chi connectivity index (χ1v) is 8.23. The zero-order valence-corrected chi connectivity index (χ0v) is 13.8. The molecule has 0 saturated carbocycles. The van der Waals surface area contributed by atoms with Crippen LogP contribution in [0.15, 0.2) is 58.5 Å². The SMILES string of the molecule is C[C@@H](Sc1nc(N)cc(=O)[nH]1)C(=O)Nc1cccc2ccccc12. The van der Waals surface area contributed by atoms with Gasteiger partial charge in [-0.05, 0) is 18.4 Å². The van der Waals surface area contributed by atoms with Gasteiger partial charge in [0.2, 0.25) is 5.91 Å². The van der Waals surface area contributed by atoms with Crippen molar-refractivity contribution in [3.63, 3.8) is 0 Å². The van der Waals surface area contributed by atoms with Gasteiger partial charge >= 0.3 is 0 Å². The highest BCUT2D eigenvalue weighted by molar-refractivity contribution is 8.00. The number of nitrogens with zero attached hydrogens (tertiary/aromatic N) is 1. The van der Waals surface area contributed by atoms with E-state index in [9.17, 15) is 9.59 Å². The summed E-state index contributed by atoms with van der Waals surface area (Å²) in [7, 11) is 0. The van der Waals surface area contributed by atoms with Crippen molar-refractivity contribution >= 4 is 39.9 Å². The van der Waals surface area contributed by atoms with Crippen LogP contribution in [0.5, 0.6) is 0 Å². The number of thioether (sulfide) groups is 1. The van der Waals surface area contributed by atoms with Crippen LogP contribution < -0.4 is 16.6 Å². The molecule has 1 aromatic heterocycles. The number of fused-ring (bicyclic) bond motifs is 1. The maximum atomic E-state index is 12.4. The van der Waals surface area contributed by atoms with Gasteiger partial charge in [-0.1, -0.05) is 48.2 Å². The Bertz CT molecular complexity index is 949. The lowest BCUT2D eigenvalue weighted by Gasteiger charge is -2.13. The minimum atomic E-state index is -0.450. The Kier molecular flexibility index (Phi) is 4.52. The van der Waals surface area contributed by atoms with E-state index in [1.807, 2.05) is 42.5 Å². The lowest BCUT2D eigenvalue weighted by Crippen LogP contribution is -2.23. The number of aromatic amines is 1. The monoisotopic (exact) mass is 340 g/mol. The van der Waals surface area contributed by atoms with Crippen molar-refractivity contribution < 1.29 is 4.79 Å². The van der Waals surface area contributed by atoms with Crippen molar-refractivity contribution in [1.29, 1.82) is 0 Å². The van der Waals surface area contributed by atoms with E-state index in [2.05, 4.69) is 15.3 Å². The molecule has 0 fully saturated rings. The van der Waals surface area contributed by atoms with Crippen LogP contribution in [-0.4, -0.2) is 21.1 Å². The zero-order chi connectivity index (χ0) is 17.1.